The van der Waals surface area contributed by atoms with Gasteiger partial charge in [-0.2, -0.15) is 0 Å². The number of nitrogens with zero attached hydrogens (tertiary/aromatic N) is 2. The third-order valence-electron chi connectivity index (χ3n) is 4.19. The first-order chi connectivity index (χ1) is 13.1. The number of benzene rings is 2. The number of aromatic nitrogens is 2. The molecule has 0 saturated heterocycles. The summed E-state index contributed by atoms with van der Waals surface area (Å²) < 4.78 is 13.3. The quantitative estimate of drug-likeness (QED) is 0.416. The summed E-state index contributed by atoms with van der Waals surface area (Å²) in [6.07, 6.45) is 4.99. The Morgan fingerprint density at radius 1 is 1.19 bits per heavy atom. The first-order valence-electron chi connectivity index (χ1n) is 8.14. The molecule has 7 heteroatoms. The van der Waals surface area contributed by atoms with Crippen molar-refractivity contribution in [1.82, 2.24) is 9.38 Å². The summed E-state index contributed by atoms with van der Waals surface area (Å²) >= 11 is 1.55. The van der Waals surface area contributed by atoms with Crippen LogP contribution in [0.25, 0.3) is 21.3 Å². The Labute approximate surface area is 158 Å². The summed E-state index contributed by atoms with van der Waals surface area (Å²) in [6, 6.07) is 10.4. The highest BCUT2D eigenvalue weighted by Crippen LogP contribution is 2.30. The van der Waals surface area contributed by atoms with Gasteiger partial charge < -0.3 is 14.6 Å². The van der Waals surface area contributed by atoms with Gasteiger partial charge in [0.05, 0.1) is 30.1 Å². The zero-order valence-corrected chi connectivity index (χ0v) is 15.5. The van der Waals surface area contributed by atoms with Crippen LogP contribution in [0, 0.1) is 0 Å². The summed E-state index contributed by atoms with van der Waals surface area (Å²) in [4.78, 5) is 17.7. The number of fused-ring (bicyclic) bond motifs is 3. The van der Waals surface area contributed by atoms with Crippen LogP contribution in [0.1, 0.15) is 16.1 Å². The van der Waals surface area contributed by atoms with Crippen molar-refractivity contribution in [3.05, 3.63) is 59.9 Å². The lowest BCUT2D eigenvalue weighted by molar-refractivity contribution is 0.104. The van der Waals surface area contributed by atoms with Crippen molar-refractivity contribution in [3.8, 4) is 17.2 Å². The van der Waals surface area contributed by atoms with Gasteiger partial charge >= 0.3 is 0 Å². The number of methoxy groups -OCH3 is 2. The molecule has 4 aromatic rings. The van der Waals surface area contributed by atoms with Gasteiger partial charge in [-0.25, -0.2) is 4.98 Å². The standard InChI is InChI=1S/C20H16N2O4S/c1-25-14-5-6-15-19(10-14)27-20-21-13(11-22(15)20)4-7-16(23)12-3-8-18(26-2)17(24)9-12/h3-11,24H,1-2H3/b7-4+. The van der Waals surface area contributed by atoms with Crippen LogP contribution in [0.3, 0.4) is 0 Å². The van der Waals surface area contributed by atoms with Crippen LogP contribution in [0.5, 0.6) is 17.2 Å². The number of hydrogen-bond donors (Lipinski definition) is 1. The number of imidazole rings is 1. The summed E-state index contributed by atoms with van der Waals surface area (Å²) in [7, 11) is 3.10. The number of rotatable bonds is 5. The topological polar surface area (TPSA) is 73.1 Å². The average molecular weight is 380 g/mol. The van der Waals surface area contributed by atoms with E-state index in [4.69, 9.17) is 9.47 Å². The fourth-order valence-corrected chi connectivity index (χ4v) is 3.85. The number of carbonyl (C=O) groups is 1. The maximum Gasteiger partial charge on any atom is 0.195 e. The number of aromatic hydroxyl groups is 1. The second-order valence-corrected chi connectivity index (χ2v) is 6.85. The first kappa shape index (κ1) is 17.1. The van der Waals surface area contributed by atoms with E-state index in [-0.39, 0.29) is 11.5 Å². The second-order valence-electron chi connectivity index (χ2n) is 5.84. The molecule has 1 N–H and O–H groups in total. The predicted octanol–water partition coefficient (Wildman–Crippen LogP) is 4.17. The highest BCUT2D eigenvalue weighted by atomic mass is 32.1. The molecule has 0 aliphatic carbocycles. The fraction of sp³-hybridized carbons (Fsp3) is 0.100. The molecule has 0 bridgehead atoms. The molecule has 2 aromatic carbocycles. The molecule has 0 atom stereocenters. The Bertz CT molecular complexity index is 1190. The Balaban J connectivity index is 1.61. The van der Waals surface area contributed by atoms with Crippen molar-refractivity contribution < 1.29 is 19.4 Å². The van der Waals surface area contributed by atoms with E-state index in [9.17, 15) is 9.90 Å². The SMILES string of the molecule is COc1ccc2c(c1)sc1nc(/C=C/C(=O)c3ccc(OC)c(O)c3)cn12. The third-order valence-corrected chi connectivity index (χ3v) is 5.21. The highest BCUT2D eigenvalue weighted by Gasteiger charge is 2.10. The van der Waals surface area contributed by atoms with Crippen molar-refractivity contribution >= 4 is 38.4 Å². The normalized spacial score (nSPS) is 11.5. The van der Waals surface area contributed by atoms with Gasteiger partial charge in [-0.3, -0.25) is 9.20 Å². The summed E-state index contributed by atoms with van der Waals surface area (Å²) in [5.74, 6) is 0.842. The molecule has 0 unspecified atom stereocenters. The van der Waals surface area contributed by atoms with E-state index >= 15 is 0 Å². The second kappa shape index (κ2) is 6.77. The number of thiazole rings is 1. The van der Waals surface area contributed by atoms with Crippen molar-refractivity contribution in [3.63, 3.8) is 0 Å². The number of allylic oxidation sites excluding steroid dienone is 1. The molecular formula is C20H16N2O4S. The molecule has 136 valence electrons. The number of ketones is 1. The number of carbonyl (C=O) groups excluding carboxylic acids is 1. The Hall–Kier alpha value is -3.32. The fourth-order valence-electron chi connectivity index (χ4n) is 2.81. The molecule has 0 fully saturated rings. The van der Waals surface area contributed by atoms with Crippen LogP contribution in [0.2, 0.25) is 0 Å². The van der Waals surface area contributed by atoms with E-state index < -0.39 is 0 Å². The van der Waals surface area contributed by atoms with Crippen LogP contribution >= 0.6 is 11.3 Å². The molecular weight excluding hydrogens is 364 g/mol. The monoisotopic (exact) mass is 380 g/mol. The maximum atomic E-state index is 12.3. The predicted molar refractivity (Wildman–Crippen MR) is 105 cm³/mol. The molecule has 6 nitrogen and oxygen atoms in total. The van der Waals surface area contributed by atoms with Crippen LogP contribution < -0.4 is 9.47 Å². The molecule has 0 spiro atoms. The highest BCUT2D eigenvalue weighted by molar-refractivity contribution is 7.23. The van der Waals surface area contributed by atoms with Gasteiger partial charge in [-0.15, -0.1) is 0 Å². The smallest absolute Gasteiger partial charge is 0.195 e. The largest absolute Gasteiger partial charge is 0.504 e. The summed E-state index contributed by atoms with van der Waals surface area (Å²) in [6.45, 7) is 0. The van der Waals surface area contributed by atoms with E-state index in [1.54, 1.807) is 36.7 Å². The molecule has 0 radical (unpaired) electrons. The molecule has 4 rings (SSSR count). The van der Waals surface area contributed by atoms with Crippen LogP contribution in [0.4, 0.5) is 0 Å². The van der Waals surface area contributed by atoms with E-state index in [1.807, 2.05) is 28.8 Å². The molecule has 0 amide bonds. The minimum atomic E-state index is -0.223. The molecule has 0 saturated carbocycles. The van der Waals surface area contributed by atoms with Crippen molar-refractivity contribution in [2.45, 2.75) is 0 Å². The Morgan fingerprint density at radius 2 is 2.04 bits per heavy atom. The van der Waals surface area contributed by atoms with Gasteiger partial charge in [0.1, 0.15) is 5.75 Å². The number of phenolic OH excluding ortho intramolecular Hbond substituents is 1. The van der Waals surface area contributed by atoms with Crippen molar-refractivity contribution in [2.24, 2.45) is 0 Å². The van der Waals surface area contributed by atoms with Gasteiger partial charge in [-0.05, 0) is 48.6 Å². The van der Waals surface area contributed by atoms with Crippen molar-refractivity contribution in [2.75, 3.05) is 14.2 Å². The zero-order valence-electron chi connectivity index (χ0n) is 14.7. The van der Waals surface area contributed by atoms with Crippen LogP contribution in [0.15, 0.2) is 48.7 Å². The minimum absolute atomic E-state index is 0.0684. The first-order valence-corrected chi connectivity index (χ1v) is 8.96. The van der Waals surface area contributed by atoms with Crippen LogP contribution in [-0.4, -0.2) is 34.5 Å². The number of ether oxygens (including phenoxy) is 2. The molecule has 0 aliphatic rings. The van der Waals surface area contributed by atoms with Gasteiger partial charge in [0.25, 0.3) is 0 Å². The molecule has 27 heavy (non-hydrogen) atoms. The Morgan fingerprint density at radius 3 is 2.78 bits per heavy atom. The maximum absolute atomic E-state index is 12.3. The van der Waals surface area contributed by atoms with Gasteiger partial charge in [0, 0.05) is 11.8 Å². The van der Waals surface area contributed by atoms with E-state index in [2.05, 4.69) is 4.98 Å². The van der Waals surface area contributed by atoms with Crippen LogP contribution in [-0.2, 0) is 0 Å². The summed E-state index contributed by atoms with van der Waals surface area (Å²) in [5, 5.41) is 9.81. The summed E-state index contributed by atoms with van der Waals surface area (Å²) in [5.41, 5.74) is 2.10. The average Bonchev–Trinajstić information content (AvgIpc) is 3.22. The Kier molecular flexibility index (Phi) is 4.29. The van der Waals surface area contributed by atoms with Gasteiger partial charge in [0.2, 0.25) is 0 Å². The van der Waals surface area contributed by atoms with Crippen molar-refractivity contribution in [1.29, 1.82) is 0 Å². The lowest BCUT2D eigenvalue weighted by Gasteiger charge is -2.03. The molecule has 0 aliphatic heterocycles. The number of phenols is 1. The zero-order chi connectivity index (χ0) is 19.0. The van der Waals surface area contributed by atoms with E-state index in [0.717, 1.165) is 20.9 Å². The van der Waals surface area contributed by atoms with Gasteiger partial charge in [-0.1, -0.05) is 11.3 Å². The lowest BCUT2D eigenvalue weighted by Crippen LogP contribution is -1.94. The molecule has 2 heterocycles. The van der Waals surface area contributed by atoms with E-state index in [0.29, 0.717) is 17.0 Å². The third kappa shape index (κ3) is 3.13. The van der Waals surface area contributed by atoms with E-state index in [1.165, 1.54) is 19.3 Å². The van der Waals surface area contributed by atoms with Gasteiger partial charge in [0.15, 0.2) is 22.2 Å². The lowest BCUT2D eigenvalue weighted by atomic mass is 10.1. The number of hydrogen-bond acceptors (Lipinski definition) is 6. The molecule has 2 aromatic heterocycles. The minimum Gasteiger partial charge on any atom is -0.504 e.